The fourth-order valence-corrected chi connectivity index (χ4v) is 7.04. The normalized spacial score (nSPS) is 16.9. The number of thiophene rings is 1. The van der Waals surface area contributed by atoms with E-state index in [-0.39, 0.29) is 17.6 Å². The Hall–Kier alpha value is -2.13. The van der Waals surface area contributed by atoms with E-state index in [1.807, 2.05) is 6.08 Å². The lowest BCUT2D eigenvalue weighted by Gasteiger charge is -2.21. The van der Waals surface area contributed by atoms with E-state index in [9.17, 15) is 9.59 Å². The summed E-state index contributed by atoms with van der Waals surface area (Å²) in [4.78, 5) is 26.7. The first kappa shape index (κ1) is 25.0. The second-order valence-corrected chi connectivity index (χ2v) is 11.1. The molecule has 9 heteroatoms. The molecule has 0 unspecified atom stereocenters. The van der Waals surface area contributed by atoms with Gasteiger partial charge in [-0.3, -0.25) is 4.79 Å². The highest BCUT2D eigenvalue weighted by molar-refractivity contribution is 7.99. The Morgan fingerprint density at radius 3 is 2.62 bits per heavy atom. The number of thioether (sulfide) groups is 1. The molecule has 0 radical (unpaired) electrons. The van der Waals surface area contributed by atoms with Gasteiger partial charge in [0, 0.05) is 17.3 Å². The van der Waals surface area contributed by atoms with Crippen LogP contribution in [0.3, 0.4) is 0 Å². The molecule has 7 nitrogen and oxygen atoms in total. The number of carbonyl (C=O) groups excluding carboxylic acids is 2. The van der Waals surface area contributed by atoms with Crippen LogP contribution in [0.15, 0.2) is 17.8 Å². The minimum Gasteiger partial charge on any atom is -0.465 e. The Labute approximate surface area is 209 Å². The topological polar surface area (TPSA) is 86.1 Å². The number of fused-ring (bicyclic) bond motifs is 1. The van der Waals surface area contributed by atoms with Crippen molar-refractivity contribution < 1.29 is 14.3 Å². The molecule has 4 rings (SSSR count). The highest BCUT2D eigenvalue weighted by Gasteiger charge is 2.27. The van der Waals surface area contributed by atoms with Crippen LogP contribution in [-0.4, -0.2) is 39.5 Å². The molecule has 2 aliphatic carbocycles. The number of nitrogens with zero attached hydrogens (tertiary/aromatic N) is 3. The van der Waals surface area contributed by atoms with Crippen molar-refractivity contribution in [3.63, 3.8) is 0 Å². The van der Waals surface area contributed by atoms with Gasteiger partial charge < -0.3 is 14.6 Å². The van der Waals surface area contributed by atoms with Crippen molar-refractivity contribution in [3.05, 3.63) is 34.5 Å². The molecule has 0 bridgehead atoms. The third-order valence-electron chi connectivity index (χ3n) is 6.67. The highest BCUT2D eigenvalue weighted by Crippen LogP contribution is 2.38. The Morgan fingerprint density at radius 2 is 1.88 bits per heavy atom. The van der Waals surface area contributed by atoms with Gasteiger partial charge in [0.15, 0.2) is 5.16 Å². The van der Waals surface area contributed by atoms with Gasteiger partial charge in [-0.1, -0.05) is 49.9 Å². The molecular weight excluding hydrogens is 468 g/mol. The first-order valence-corrected chi connectivity index (χ1v) is 14.1. The monoisotopic (exact) mass is 502 g/mol. The van der Waals surface area contributed by atoms with Gasteiger partial charge in [0.25, 0.3) is 0 Å². The summed E-state index contributed by atoms with van der Waals surface area (Å²) < 4.78 is 7.16. The SMILES string of the molecule is C=CCn1c(SCC(=O)Nc2sc3c(c2C(=O)OC)CCCCCC3)nnc1C1CCCCC1. The number of anilines is 1. The van der Waals surface area contributed by atoms with Gasteiger partial charge in [0.2, 0.25) is 5.91 Å². The average molecular weight is 503 g/mol. The summed E-state index contributed by atoms with van der Waals surface area (Å²) in [6, 6.07) is 0. The van der Waals surface area contributed by atoms with E-state index in [1.54, 1.807) is 0 Å². The number of allylic oxidation sites excluding steroid dienone is 1. The number of aromatic nitrogens is 3. The van der Waals surface area contributed by atoms with Crippen molar-refractivity contribution in [2.24, 2.45) is 0 Å². The molecule has 0 atom stereocenters. The lowest BCUT2D eigenvalue weighted by molar-refractivity contribution is -0.113. The Balaban J connectivity index is 1.47. The Kier molecular flexibility index (Phi) is 8.83. The molecular formula is C25H34N4O3S2. The number of nitrogens with one attached hydrogen (secondary N) is 1. The van der Waals surface area contributed by atoms with E-state index in [2.05, 4.69) is 26.7 Å². The van der Waals surface area contributed by atoms with Gasteiger partial charge in [-0.05, 0) is 44.1 Å². The predicted molar refractivity (Wildman–Crippen MR) is 137 cm³/mol. The second kappa shape index (κ2) is 12.0. The molecule has 0 spiro atoms. The number of esters is 1. The van der Waals surface area contributed by atoms with Gasteiger partial charge >= 0.3 is 5.97 Å². The van der Waals surface area contributed by atoms with E-state index in [0.717, 1.165) is 55.1 Å². The minimum absolute atomic E-state index is 0.156. The quantitative estimate of drug-likeness (QED) is 0.281. The van der Waals surface area contributed by atoms with Crippen LogP contribution in [-0.2, 0) is 28.9 Å². The molecule has 2 aliphatic rings. The molecule has 2 aromatic rings. The van der Waals surface area contributed by atoms with E-state index in [4.69, 9.17) is 4.74 Å². The highest BCUT2D eigenvalue weighted by atomic mass is 32.2. The number of ether oxygens (including phenoxy) is 1. The van der Waals surface area contributed by atoms with Crippen LogP contribution in [0.2, 0.25) is 0 Å². The molecule has 1 saturated carbocycles. The smallest absolute Gasteiger partial charge is 0.341 e. The predicted octanol–water partition coefficient (Wildman–Crippen LogP) is 5.75. The number of carbonyl (C=O) groups is 2. The Bertz CT molecular complexity index is 1020. The summed E-state index contributed by atoms with van der Waals surface area (Å²) in [7, 11) is 1.40. The number of methoxy groups -OCH3 is 1. The van der Waals surface area contributed by atoms with Crippen LogP contribution in [0.1, 0.15) is 90.3 Å². The van der Waals surface area contributed by atoms with E-state index >= 15 is 0 Å². The van der Waals surface area contributed by atoms with Gasteiger partial charge in [0.05, 0.1) is 18.4 Å². The molecule has 1 amide bonds. The molecule has 0 aliphatic heterocycles. The van der Waals surface area contributed by atoms with Crippen LogP contribution < -0.4 is 5.32 Å². The standard InChI is InChI=1S/C25H34N4O3S2/c1-3-15-29-22(17-11-7-6-8-12-17)27-28-25(29)33-16-20(30)26-23-21(24(31)32-2)18-13-9-4-5-10-14-19(18)34-23/h3,17H,1,4-16H2,2H3,(H,26,30). The first-order valence-electron chi connectivity index (χ1n) is 12.3. The average Bonchev–Trinajstić information content (AvgIpc) is 3.38. The van der Waals surface area contributed by atoms with Crippen molar-refractivity contribution in [3.8, 4) is 0 Å². The summed E-state index contributed by atoms with van der Waals surface area (Å²) in [5, 5.41) is 13.2. The van der Waals surface area contributed by atoms with E-state index in [0.29, 0.717) is 23.0 Å². The summed E-state index contributed by atoms with van der Waals surface area (Å²) in [5.41, 5.74) is 1.60. The molecule has 184 valence electrons. The van der Waals surface area contributed by atoms with Gasteiger partial charge in [-0.15, -0.1) is 28.1 Å². The summed E-state index contributed by atoms with van der Waals surface area (Å²) >= 11 is 2.90. The zero-order valence-electron chi connectivity index (χ0n) is 19.9. The van der Waals surface area contributed by atoms with Crippen LogP contribution in [0.4, 0.5) is 5.00 Å². The van der Waals surface area contributed by atoms with Gasteiger partial charge in [-0.25, -0.2) is 4.79 Å². The fraction of sp³-hybridized carbons (Fsp3) is 0.600. The summed E-state index contributed by atoms with van der Waals surface area (Å²) in [5.74, 6) is 1.11. The zero-order valence-corrected chi connectivity index (χ0v) is 21.6. The number of amides is 1. The molecule has 1 fully saturated rings. The van der Waals surface area contributed by atoms with Crippen molar-refractivity contribution in [1.82, 2.24) is 14.8 Å². The first-order chi connectivity index (χ1) is 16.6. The maximum Gasteiger partial charge on any atom is 0.341 e. The molecule has 34 heavy (non-hydrogen) atoms. The van der Waals surface area contributed by atoms with Gasteiger partial charge in [0.1, 0.15) is 10.8 Å². The number of hydrogen-bond acceptors (Lipinski definition) is 7. The molecule has 2 heterocycles. The molecule has 0 aromatic carbocycles. The van der Waals surface area contributed by atoms with Crippen LogP contribution in [0, 0.1) is 0 Å². The van der Waals surface area contributed by atoms with Crippen LogP contribution in [0.5, 0.6) is 0 Å². The molecule has 1 N–H and O–H groups in total. The van der Waals surface area contributed by atoms with Crippen molar-refractivity contribution in [2.75, 3.05) is 18.2 Å². The van der Waals surface area contributed by atoms with Crippen molar-refractivity contribution in [2.45, 2.75) is 88.2 Å². The summed E-state index contributed by atoms with van der Waals surface area (Å²) in [6.45, 7) is 4.52. The van der Waals surface area contributed by atoms with Crippen molar-refractivity contribution in [1.29, 1.82) is 0 Å². The third-order valence-corrected chi connectivity index (χ3v) is 8.85. The number of rotatable bonds is 8. The fourth-order valence-electron chi connectivity index (χ4n) is 4.99. The van der Waals surface area contributed by atoms with Crippen molar-refractivity contribution >= 4 is 40.0 Å². The van der Waals surface area contributed by atoms with Crippen LogP contribution >= 0.6 is 23.1 Å². The lowest BCUT2D eigenvalue weighted by Crippen LogP contribution is -2.17. The maximum atomic E-state index is 12.9. The van der Waals surface area contributed by atoms with E-state index < -0.39 is 0 Å². The molecule has 2 aromatic heterocycles. The van der Waals surface area contributed by atoms with Gasteiger partial charge in [-0.2, -0.15) is 0 Å². The maximum absolute atomic E-state index is 12.9. The zero-order chi connectivity index (χ0) is 23.9. The lowest BCUT2D eigenvalue weighted by atomic mass is 9.89. The summed E-state index contributed by atoms with van der Waals surface area (Å²) in [6.07, 6.45) is 14.2. The third kappa shape index (κ3) is 5.74. The number of aryl methyl sites for hydroxylation is 1. The Morgan fingerprint density at radius 1 is 1.15 bits per heavy atom. The largest absolute Gasteiger partial charge is 0.465 e. The van der Waals surface area contributed by atoms with E-state index in [1.165, 1.54) is 67.2 Å². The van der Waals surface area contributed by atoms with Crippen LogP contribution in [0.25, 0.3) is 0 Å². The minimum atomic E-state index is -0.371. The second-order valence-electron chi connectivity index (χ2n) is 9.03. The molecule has 0 saturated heterocycles. The number of hydrogen-bond donors (Lipinski definition) is 1.